The Morgan fingerprint density at radius 3 is 2.65 bits per heavy atom. The first kappa shape index (κ1) is 11.7. The van der Waals surface area contributed by atoms with Crippen molar-refractivity contribution in [1.29, 1.82) is 0 Å². The van der Waals surface area contributed by atoms with Gasteiger partial charge in [-0.15, -0.1) is 0 Å². The van der Waals surface area contributed by atoms with Gasteiger partial charge in [0, 0.05) is 12.0 Å². The largest absolute Gasteiger partial charge is 0.497 e. The van der Waals surface area contributed by atoms with Gasteiger partial charge >= 0.3 is 5.97 Å². The molecule has 5 nitrogen and oxygen atoms in total. The first-order chi connectivity index (χ1) is 8.02. The van der Waals surface area contributed by atoms with Crippen LogP contribution in [0.3, 0.4) is 0 Å². The van der Waals surface area contributed by atoms with Gasteiger partial charge in [-0.1, -0.05) is 6.07 Å². The number of hydrogen-bond acceptors (Lipinski definition) is 4. The number of hydrogen-bond donors (Lipinski definition) is 2. The van der Waals surface area contributed by atoms with E-state index in [2.05, 4.69) is 0 Å². The Hall–Kier alpha value is -1.75. The van der Waals surface area contributed by atoms with Crippen LogP contribution in [-0.2, 0) is 4.79 Å². The van der Waals surface area contributed by atoms with Gasteiger partial charge in [-0.05, 0) is 18.1 Å². The van der Waals surface area contributed by atoms with Crippen LogP contribution in [0.4, 0.5) is 0 Å². The van der Waals surface area contributed by atoms with Gasteiger partial charge in [0.1, 0.15) is 17.0 Å². The molecule has 0 saturated heterocycles. The maximum Gasteiger partial charge on any atom is 0.324 e. The highest BCUT2D eigenvalue weighted by molar-refractivity contribution is 5.85. The Labute approximate surface area is 99.1 Å². The molecule has 1 fully saturated rings. The molecule has 0 aliphatic heterocycles. The normalized spacial score (nSPS) is 26.4. The van der Waals surface area contributed by atoms with Crippen LogP contribution in [0.25, 0.3) is 0 Å². The molecule has 0 heterocycles. The summed E-state index contributed by atoms with van der Waals surface area (Å²) in [5.74, 6) is 0.119. The molecular weight excluding hydrogens is 222 g/mol. The van der Waals surface area contributed by atoms with Gasteiger partial charge in [-0.25, -0.2) is 0 Å². The van der Waals surface area contributed by atoms with E-state index >= 15 is 0 Å². The second kappa shape index (κ2) is 3.92. The quantitative estimate of drug-likeness (QED) is 0.815. The summed E-state index contributed by atoms with van der Waals surface area (Å²) in [5, 5.41) is 9.02. The number of ether oxygens (including phenoxy) is 2. The third kappa shape index (κ3) is 1.82. The van der Waals surface area contributed by atoms with E-state index < -0.39 is 11.5 Å². The Kier molecular flexibility index (Phi) is 2.71. The van der Waals surface area contributed by atoms with Crippen molar-refractivity contribution in [1.82, 2.24) is 0 Å². The molecule has 0 bridgehead atoms. The molecule has 0 amide bonds. The molecule has 5 heteroatoms. The molecule has 0 aromatic heterocycles. The van der Waals surface area contributed by atoms with Gasteiger partial charge in [0.2, 0.25) is 0 Å². The molecule has 17 heavy (non-hydrogen) atoms. The number of nitrogens with two attached hydrogens (primary N) is 1. The maximum atomic E-state index is 11.0. The van der Waals surface area contributed by atoms with Crippen LogP contribution < -0.4 is 15.2 Å². The number of carboxylic acids is 1. The van der Waals surface area contributed by atoms with E-state index in [1.54, 1.807) is 32.4 Å². The number of rotatable bonds is 4. The SMILES string of the molecule is COc1ccc([C@@H]2C[C@@]2(N)C(=O)O)c(OC)c1. The summed E-state index contributed by atoms with van der Waals surface area (Å²) >= 11 is 0. The zero-order chi connectivity index (χ0) is 12.6. The zero-order valence-electron chi connectivity index (χ0n) is 9.77. The Morgan fingerprint density at radius 1 is 1.47 bits per heavy atom. The number of methoxy groups -OCH3 is 2. The van der Waals surface area contributed by atoms with Crippen LogP contribution in [0.1, 0.15) is 17.9 Å². The Morgan fingerprint density at radius 2 is 2.18 bits per heavy atom. The van der Waals surface area contributed by atoms with E-state index in [-0.39, 0.29) is 5.92 Å². The van der Waals surface area contributed by atoms with Gasteiger partial charge in [-0.2, -0.15) is 0 Å². The first-order valence-corrected chi connectivity index (χ1v) is 5.27. The van der Waals surface area contributed by atoms with E-state index in [0.29, 0.717) is 17.9 Å². The maximum absolute atomic E-state index is 11.0. The molecule has 0 spiro atoms. The summed E-state index contributed by atoms with van der Waals surface area (Å²) in [5.41, 5.74) is 5.44. The van der Waals surface area contributed by atoms with Gasteiger partial charge in [0.15, 0.2) is 0 Å². The van der Waals surface area contributed by atoms with Crippen LogP contribution in [0.15, 0.2) is 18.2 Å². The fourth-order valence-corrected chi connectivity index (χ4v) is 2.01. The zero-order valence-corrected chi connectivity index (χ0v) is 9.77. The number of carboxylic acid groups (broad SMARTS) is 1. The lowest BCUT2D eigenvalue weighted by Crippen LogP contribution is -2.34. The van der Waals surface area contributed by atoms with Crippen LogP contribution >= 0.6 is 0 Å². The fourth-order valence-electron chi connectivity index (χ4n) is 2.01. The van der Waals surface area contributed by atoms with Crippen molar-refractivity contribution in [2.75, 3.05) is 14.2 Å². The van der Waals surface area contributed by atoms with Crippen molar-refractivity contribution >= 4 is 5.97 Å². The third-order valence-corrected chi connectivity index (χ3v) is 3.22. The molecule has 1 aromatic rings. The Bertz CT molecular complexity index is 460. The lowest BCUT2D eigenvalue weighted by atomic mass is 10.1. The summed E-state index contributed by atoms with van der Waals surface area (Å²) in [6.07, 6.45) is 0.436. The average Bonchev–Trinajstić information content (AvgIpc) is 3.02. The molecule has 1 aliphatic rings. The van der Waals surface area contributed by atoms with Crippen molar-refractivity contribution in [3.63, 3.8) is 0 Å². The molecule has 1 aliphatic carbocycles. The molecule has 0 radical (unpaired) electrons. The lowest BCUT2D eigenvalue weighted by molar-refractivity contribution is -0.139. The predicted molar refractivity (Wildman–Crippen MR) is 61.5 cm³/mol. The van der Waals surface area contributed by atoms with E-state index in [9.17, 15) is 4.79 Å². The van der Waals surface area contributed by atoms with E-state index in [1.807, 2.05) is 0 Å². The molecule has 92 valence electrons. The minimum Gasteiger partial charge on any atom is -0.497 e. The highest BCUT2D eigenvalue weighted by Crippen LogP contribution is 2.52. The predicted octanol–water partition coefficient (Wildman–Crippen LogP) is 0.973. The second-order valence-electron chi connectivity index (χ2n) is 4.21. The molecule has 2 rings (SSSR count). The molecule has 2 atom stereocenters. The number of benzene rings is 1. The van der Waals surface area contributed by atoms with Crippen molar-refractivity contribution in [3.05, 3.63) is 23.8 Å². The lowest BCUT2D eigenvalue weighted by Gasteiger charge is -2.11. The standard InChI is InChI=1S/C12H15NO4/c1-16-7-3-4-8(10(5-7)17-2)9-6-12(9,13)11(14)15/h3-5,9H,6,13H2,1-2H3,(H,14,15)/t9-,12-/m0/s1. The molecule has 3 N–H and O–H groups in total. The van der Waals surface area contributed by atoms with Gasteiger partial charge in [0.05, 0.1) is 14.2 Å². The van der Waals surface area contributed by atoms with Gasteiger partial charge < -0.3 is 20.3 Å². The molecule has 1 saturated carbocycles. The molecule has 1 aromatic carbocycles. The third-order valence-electron chi connectivity index (χ3n) is 3.22. The molecular formula is C12H15NO4. The second-order valence-corrected chi connectivity index (χ2v) is 4.21. The van der Waals surface area contributed by atoms with E-state index in [4.69, 9.17) is 20.3 Å². The van der Waals surface area contributed by atoms with Crippen molar-refractivity contribution < 1.29 is 19.4 Å². The van der Waals surface area contributed by atoms with Crippen molar-refractivity contribution in [2.45, 2.75) is 17.9 Å². The smallest absolute Gasteiger partial charge is 0.324 e. The highest BCUT2D eigenvalue weighted by atomic mass is 16.5. The van der Waals surface area contributed by atoms with E-state index in [1.165, 1.54) is 0 Å². The van der Waals surface area contributed by atoms with Crippen LogP contribution in [0.2, 0.25) is 0 Å². The van der Waals surface area contributed by atoms with Crippen molar-refractivity contribution in [3.8, 4) is 11.5 Å². The minimum absolute atomic E-state index is 0.194. The van der Waals surface area contributed by atoms with Crippen LogP contribution in [0.5, 0.6) is 11.5 Å². The van der Waals surface area contributed by atoms with Crippen LogP contribution in [-0.4, -0.2) is 30.8 Å². The molecule has 0 unspecified atom stereocenters. The summed E-state index contributed by atoms with van der Waals surface area (Å²) < 4.78 is 10.3. The summed E-state index contributed by atoms with van der Waals surface area (Å²) in [4.78, 5) is 11.0. The average molecular weight is 237 g/mol. The van der Waals surface area contributed by atoms with Gasteiger partial charge in [0.25, 0.3) is 0 Å². The minimum atomic E-state index is -1.15. The summed E-state index contributed by atoms with van der Waals surface area (Å²) in [7, 11) is 3.11. The monoisotopic (exact) mass is 237 g/mol. The Balaban J connectivity index is 2.32. The fraction of sp³-hybridized carbons (Fsp3) is 0.417. The number of aliphatic carboxylic acids is 1. The van der Waals surface area contributed by atoms with Gasteiger partial charge in [-0.3, -0.25) is 4.79 Å². The number of carbonyl (C=O) groups is 1. The summed E-state index contributed by atoms with van der Waals surface area (Å²) in [6.45, 7) is 0. The van der Waals surface area contributed by atoms with E-state index in [0.717, 1.165) is 5.56 Å². The highest BCUT2D eigenvalue weighted by Gasteiger charge is 2.59. The topological polar surface area (TPSA) is 81.8 Å². The first-order valence-electron chi connectivity index (χ1n) is 5.27. The van der Waals surface area contributed by atoms with Crippen molar-refractivity contribution in [2.24, 2.45) is 5.73 Å². The summed E-state index contributed by atoms with van der Waals surface area (Å²) in [6, 6.07) is 5.31. The van der Waals surface area contributed by atoms with Crippen LogP contribution in [0, 0.1) is 0 Å².